The average molecular weight is 316 g/mol. The van der Waals surface area contributed by atoms with E-state index in [0.717, 1.165) is 12.8 Å². The molecule has 0 spiro atoms. The Bertz CT molecular complexity index is 569. The Morgan fingerprint density at radius 1 is 1.13 bits per heavy atom. The van der Waals surface area contributed by atoms with Crippen LogP contribution in [0.4, 0.5) is 4.79 Å². The molecule has 124 valence electrons. The number of carboxylic acids is 1. The fourth-order valence-electron chi connectivity index (χ4n) is 3.70. The maximum Gasteiger partial charge on any atom is 0.317 e. The number of urea groups is 1. The number of carboxylic acid groups (broad SMARTS) is 1. The number of hydrogen-bond donors (Lipinski definition) is 2. The zero-order valence-electron chi connectivity index (χ0n) is 13.4. The summed E-state index contributed by atoms with van der Waals surface area (Å²) in [5.41, 5.74) is 1.33. The first-order valence-electron chi connectivity index (χ1n) is 8.36. The Kier molecular flexibility index (Phi) is 4.55. The largest absolute Gasteiger partial charge is 0.481 e. The first-order chi connectivity index (χ1) is 11.0. The molecule has 5 nitrogen and oxygen atoms in total. The molecule has 1 heterocycles. The van der Waals surface area contributed by atoms with Gasteiger partial charge < -0.3 is 15.3 Å². The molecular weight excluding hydrogens is 292 g/mol. The lowest BCUT2D eigenvalue weighted by Crippen LogP contribution is -2.53. The molecule has 1 aromatic rings. The van der Waals surface area contributed by atoms with Crippen molar-refractivity contribution in [3.05, 3.63) is 35.9 Å². The van der Waals surface area contributed by atoms with E-state index in [1.807, 2.05) is 25.1 Å². The molecule has 0 radical (unpaired) electrons. The SMILES string of the molecule is CC1CC(C(=O)O)CN(C(=O)NC2CC(c3ccccc3)C2)C1. The van der Waals surface area contributed by atoms with Crippen LogP contribution in [0, 0.1) is 11.8 Å². The lowest BCUT2D eigenvalue weighted by Gasteiger charge is -2.40. The summed E-state index contributed by atoms with van der Waals surface area (Å²) in [6.45, 7) is 2.97. The number of carbonyl (C=O) groups is 2. The summed E-state index contributed by atoms with van der Waals surface area (Å²) in [5, 5.41) is 12.3. The Morgan fingerprint density at radius 2 is 1.83 bits per heavy atom. The molecule has 3 rings (SSSR count). The van der Waals surface area contributed by atoms with Gasteiger partial charge in [-0.25, -0.2) is 4.79 Å². The average Bonchev–Trinajstić information content (AvgIpc) is 2.50. The number of likely N-dealkylation sites (tertiary alicyclic amines) is 1. The molecule has 1 saturated carbocycles. The zero-order valence-corrected chi connectivity index (χ0v) is 13.4. The minimum Gasteiger partial charge on any atom is -0.481 e. The fourth-order valence-corrected chi connectivity index (χ4v) is 3.70. The van der Waals surface area contributed by atoms with Crippen molar-refractivity contribution in [2.75, 3.05) is 13.1 Å². The minimum absolute atomic E-state index is 0.112. The Balaban J connectivity index is 1.49. The summed E-state index contributed by atoms with van der Waals surface area (Å²) in [7, 11) is 0. The molecule has 2 fully saturated rings. The summed E-state index contributed by atoms with van der Waals surface area (Å²) in [4.78, 5) is 25.2. The molecule has 1 aromatic carbocycles. The molecule has 1 aliphatic carbocycles. The van der Waals surface area contributed by atoms with Gasteiger partial charge in [0.05, 0.1) is 5.92 Å². The third-order valence-corrected chi connectivity index (χ3v) is 5.03. The van der Waals surface area contributed by atoms with Crippen molar-refractivity contribution in [2.45, 2.75) is 38.1 Å². The highest BCUT2D eigenvalue weighted by Gasteiger charge is 2.35. The number of carbonyl (C=O) groups excluding carboxylic acids is 1. The van der Waals surface area contributed by atoms with Gasteiger partial charge in [-0.2, -0.15) is 0 Å². The highest BCUT2D eigenvalue weighted by Crippen LogP contribution is 2.36. The molecule has 2 aliphatic rings. The number of nitrogens with one attached hydrogen (secondary N) is 1. The van der Waals surface area contributed by atoms with Gasteiger partial charge in [0, 0.05) is 19.1 Å². The van der Waals surface area contributed by atoms with Gasteiger partial charge in [0.25, 0.3) is 0 Å². The summed E-state index contributed by atoms with van der Waals surface area (Å²) in [5.74, 6) is -0.493. The van der Waals surface area contributed by atoms with Crippen LogP contribution in [0.25, 0.3) is 0 Å². The second-order valence-corrected chi connectivity index (χ2v) is 7.01. The minimum atomic E-state index is -0.804. The maximum absolute atomic E-state index is 12.4. The second-order valence-electron chi connectivity index (χ2n) is 7.01. The monoisotopic (exact) mass is 316 g/mol. The van der Waals surface area contributed by atoms with Gasteiger partial charge in [-0.05, 0) is 36.7 Å². The van der Waals surface area contributed by atoms with Crippen molar-refractivity contribution in [3.63, 3.8) is 0 Å². The van der Waals surface area contributed by atoms with E-state index >= 15 is 0 Å². The molecule has 1 aliphatic heterocycles. The number of nitrogens with zero attached hydrogens (tertiary/aromatic N) is 1. The van der Waals surface area contributed by atoms with Gasteiger partial charge in [-0.1, -0.05) is 37.3 Å². The van der Waals surface area contributed by atoms with Crippen LogP contribution in [0.1, 0.15) is 37.7 Å². The topological polar surface area (TPSA) is 69.6 Å². The van der Waals surface area contributed by atoms with Crippen molar-refractivity contribution >= 4 is 12.0 Å². The van der Waals surface area contributed by atoms with Crippen LogP contribution in [0.3, 0.4) is 0 Å². The molecule has 2 unspecified atom stereocenters. The molecule has 2 amide bonds. The van der Waals surface area contributed by atoms with Crippen LogP contribution in [0.5, 0.6) is 0 Å². The molecule has 2 atom stereocenters. The predicted octanol–water partition coefficient (Wildman–Crippen LogP) is 2.68. The quantitative estimate of drug-likeness (QED) is 0.901. The number of hydrogen-bond acceptors (Lipinski definition) is 2. The second kappa shape index (κ2) is 6.60. The lowest BCUT2D eigenvalue weighted by molar-refractivity contribution is -0.143. The molecule has 1 saturated heterocycles. The first-order valence-corrected chi connectivity index (χ1v) is 8.36. The van der Waals surface area contributed by atoms with Crippen molar-refractivity contribution in [3.8, 4) is 0 Å². The van der Waals surface area contributed by atoms with Crippen molar-refractivity contribution < 1.29 is 14.7 Å². The van der Waals surface area contributed by atoms with Crippen LogP contribution < -0.4 is 5.32 Å². The molecule has 23 heavy (non-hydrogen) atoms. The summed E-state index contributed by atoms with van der Waals surface area (Å²) in [6, 6.07) is 10.5. The van der Waals surface area contributed by atoms with Crippen LogP contribution in [0.15, 0.2) is 30.3 Å². The number of rotatable bonds is 3. The van der Waals surface area contributed by atoms with Crippen molar-refractivity contribution in [2.24, 2.45) is 11.8 Å². The normalized spacial score (nSPS) is 30.4. The van der Waals surface area contributed by atoms with Gasteiger partial charge in [-0.3, -0.25) is 4.79 Å². The van der Waals surface area contributed by atoms with E-state index in [2.05, 4.69) is 17.4 Å². The third-order valence-electron chi connectivity index (χ3n) is 5.03. The van der Waals surface area contributed by atoms with Crippen molar-refractivity contribution in [1.82, 2.24) is 10.2 Å². The van der Waals surface area contributed by atoms with Crippen LogP contribution in [-0.2, 0) is 4.79 Å². The lowest BCUT2D eigenvalue weighted by atomic mass is 9.76. The highest BCUT2D eigenvalue weighted by molar-refractivity contribution is 5.77. The number of aliphatic carboxylic acids is 1. The zero-order chi connectivity index (χ0) is 16.4. The maximum atomic E-state index is 12.4. The van der Waals surface area contributed by atoms with E-state index < -0.39 is 11.9 Å². The Labute approximate surface area is 136 Å². The number of piperidine rings is 1. The fraction of sp³-hybridized carbons (Fsp3) is 0.556. The van der Waals surface area contributed by atoms with E-state index in [0.29, 0.717) is 25.4 Å². The van der Waals surface area contributed by atoms with Gasteiger partial charge in [-0.15, -0.1) is 0 Å². The third kappa shape index (κ3) is 3.66. The van der Waals surface area contributed by atoms with E-state index in [1.165, 1.54) is 5.56 Å². The standard InChI is InChI=1S/C18H24N2O3/c1-12-7-15(17(21)22)11-20(10-12)18(23)19-16-8-14(9-16)13-5-3-2-4-6-13/h2-6,12,14-16H,7-11H2,1H3,(H,19,23)(H,21,22). The summed E-state index contributed by atoms with van der Waals surface area (Å²) < 4.78 is 0. The highest BCUT2D eigenvalue weighted by atomic mass is 16.4. The van der Waals surface area contributed by atoms with Crippen molar-refractivity contribution in [1.29, 1.82) is 0 Å². The van der Waals surface area contributed by atoms with E-state index in [9.17, 15) is 14.7 Å². The Morgan fingerprint density at radius 3 is 2.48 bits per heavy atom. The molecule has 2 N–H and O–H groups in total. The molecule has 0 aromatic heterocycles. The molecular formula is C18H24N2O3. The van der Waals surface area contributed by atoms with E-state index in [4.69, 9.17) is 0 Å². The van der Waals surface area contributed by atoms with Crippen LogP contribution in [-0.4, -0.2) is 41.1 Å². The van der Waals surface area contributed by atoms with Gasteiger partial charge in [0.1, 0.15) is 0 Å². The van der Waals surface area contributed by atoms with Gasteiger partial charge in [0.15, 0.2) is 0 Å². The number of benzene rings is 1. The molecule has 5 heteroatoms. The predicted molar refractivity (Wildman–Crippen MR) is 87.2 cm³/mol. The van der Waals surface area contributed by atoms with E-state index in [1.54, 1.807) is 4.90 Å². The molecule has 0 bridgehead atoms. The van der Waals surface area contributed by atoms with Gasteiger partial charge >= 0.3 is 12.0 Å². The first kappa shape index (κ1) is 15.8. The summed E-state index contributed by atoms with van der Waals surface area (Å²) in [6.07, 6.45) is 2.57. The number of amides is 2. The van der Waals surface area contributed by atoms with Crippen LogP contribution in [0.2, 0.25) is 0 Å². The van der Waals surface area contributed by atoms with Crippen LogP contribution >= 0.6 is 0 Å². The Hall–Kier alpha value is -2.04. The van der Waals surface area contributed by atoms with E-state index in [-0.39, 0.29) is 18.0 Å². The summed E-state index contributed by atoms with van der Waals surface area (Å²) >= 11 is 0. The smallest absolute Gasteiger partial charge is 0.317 e. The van der Waals surface area contributed by atoms with Gasteiger partial charge in [0.2, 0.25) is 0 Å².